The molecule has 0 amide bonds. The predicted molar refractivity (Wildman–Crippen MR) is 77.1 cm³/mol. The normalized spacial score (nSPS) is 26.3. The maximum atomic E-state index is 10.2. The van der Waals surface area contributed by atoms with E-state index in [1.54, 1.807) is 0 Å². The number of hydrogen-bond donors (Lipinski definition) is 1. The second-order valence-corrected chi connectivity index (χ2v) is 5.85. The Balaban J connectivity index is 1.47. The van der Waals surface area contributed by atoms with Crippen molar-refractivity contribution < 1.29 is 5.11 Å². The van der Waals surface area contributed by atoms with Crippen molar-refractivity contribution in [1.29, 1.82) is 0 Å². The zero-order valence-corrected chi connectivity index (χ0v) is 11.5. The predicted octanol–water partition coefficient (Wildman–Crippen LogP) is 1.89. The summed E-state index contributed by atoms with van der Waals surface area (Å²) in [5.41, 5.74) is 1.04. The third-order valence-corrected chi connectivity index (χ3v) is 4.57. The smallest absolute Gasteiger partial charge is 0.0802 e. The highest BCUT2D eigenvalue weighted by molar-refractivity contribution is 5.17. The van der Waals surface area contributed by atoms with Crippen molar-refractivity contribution >= 4 is 0 Å². The van der Waals surface area contributed by atoms with Crippen LogP contribution in [-0.4, -0.2) is 53.7 Å². The Kier molecular flexibility index (Phi) is 4.16. The van der Waals surface area contributed by atoms with Gasteiger partial charge in [0.25, 0.3) is 0 Å². The molecule has 2 unspecified atom stereocenters. The summed E-state index contributed by atoms with van der Waals surface area (Å²) in [5, 5.41) is 10.2. The van der Waals surface area contributed by atoms with Crippen LogP contribution in [0.15, 0.2) is 30.3 Å². The highest BCUT2D eigenvalue weighted by atomic mass is 16.3. The summed E-state index contributed by atoms with van der Waals surface area (Å²) in [5.74, 6) is 0. The van der Waals surface area contributed by atoms with E-state index >= 15 is 0 Å². The minimum absolute atomic E-state index is 0.317. The summed E-state index contributed by atoms with van der Waals surface area (Å²) in [4.78, 5) is 5.16. The van der Waals surface area contributed by atoms with Gasteiger partial charge in [0.1, 0.15) is 0 Å². The minimum atomic E-state index is -0.317. The summed E-state index contributed by atoms with van der Waals surface area (Å²) in [7, 11) is 0. The fraction of sp³-hybridized carbons (Fsp3) is 0.625. The van der Waals surface area contributed by atoms with Gasteiger partial charge >= 0.3 is 0 Å². The third-order valence-electron chi connectivity index (χ3n) is 4.57. The first-order chi connectivity index (χ1) is 9.33. The Bertz CT molecular complexity index is 395. The van der Waals surface area contributed by atoms with Crippen molar-refractivity contribution in [3.05, 3.63) is 35.9 Å². The van der Waals surface area contributed by atoms with Crippen LogP contribution in [0.5, 0.6) is 0 Å². The second-order valence-electron chi connectivity index (χ2n) is 5.85. The summed E-state index contributed by atoms with van der Waals surface area (Å²) in [6.07, 6.45) is 3.25. The molecular weight excluding hydrogens is 236 g/mol. The lowest BCUT2D eigenvalue weighted by Crippen LogP contribution is -2.50. The average Bonchev–Trinajstić information content (AvgIpc) is 2.93. The number of nitrogens with zero attached hydrogens (tertiary/aromatic N) is 2. The molecule has 3 heteroatoms. The molecule has 2 aliphatic rings. The first-order valence-electron chi connectivity index (χ1n) is 7.52. The van der Waals surface area contributed by atoms with Gasteiger partial charge in [-0.25, -0.2) is 0 Å². The van der Waals surface area contributed by atoms with Crippen LogP contribution >= 0.6 is 0 Å². The third kappa shape index (κ3) is 3.16. The quantitative estimate of drug-likeness (QED) is 0.895. The molecule has 2 fully saturated rings. The molecule has 3 nitrogen and oxygen atoms in total. The lowest BCUT2D eigenvalue weighted by molar-refractivity contribution is 0.0835. The van der Waals surface area contributed by atoms with Crippen molar-refractivity contribution in [1.82, 2.24) is 9.80 Å². The molecule has 0 aromatic heterocycles. The number of benzene rings is 1. The van der Waals surface area contributed by atoms with Gasteiger partial charge in [-0.1, -0.05) is 30.3 Å². The monoisotopic (exact) mass is 260 g/mol. The fourth-order valence-corrected chi connectivity index (χ4v) is 3.41. The lowest BCUT2D eigenvalue weighted by atomic mass is 10.1. The summed E-state index contributed by atoms with van der Waals surface area (Å²) in [6, 6.07) is 10.8. The number of aliphatic hydroxyl groups is 1. The van der Waals surface area contributed by atoms with E-state index in [4.69, 9.17) is 0 Å². The Morgan fingerprint density at radius 1 is 1.16 bits per heavy atom. The van der Waals surface area contributed by atoms with E-state index in [1.165, 1.54) is 32.5 Å². The van der Waals surface area contributed by atoms with Crippen LogP contribution < -0.4 is 0 Å². The molecule has 2 saturated heterocycles. The zero-order chi connectivity index (χ0) is 13.1. The van der Waals surface area contributed by atoms with Gasteiger partial charge in [0.2, 0.25) is 0 Å². The molecule has 0 bridgehead atoms. The molecular formula is C16H24N2O. The molecule has 0 spiro atoms. The maximum Gasteiger partial charge on any atom is 0.0802 e. The molecule has 2 aliphatic heterocycles. The molecule has 1 aromatic rings. The first-order valence-corrected chi connectivity index (χ1v) is 7.52. The van der Waals surface area contributed by atoms with Gasteiger partial charge < -0.3 is 10.0 Å². The standard InChI is InChI=1S/C16H24N2O/c19-16(14-5-2-1-3-6-14)8-10-17-11-12-18-9-4-7-15(18)13-17/h1-3,5-6,15-16,19H,4,7-13H2. The number of piperazine rings is 1. The van der Waals surface area contributed by atoms with Gasteiger partial charge in [-0.3, -0.25) is 4.90 Å². The van der Waals surface area contributed by atoms with Gasteiger partial charge in [-0.15, -0.1) is 0 Å². The van der Waals surface area contributed by atoms with Gasteiger partial charge in [0, 0.05) is 32.2 Å². The van der Waals surface area contributed by atoms with Gasteiger partial charge in [-0.05, 0) is 31.4 Å². The van der Waals surface area contributed by atoms with Crippen molar-refractivity contribution in [2.24, 2.45) is 0 Å². The molecule has 2 atom stereocenters. The highest BCUT2D eigenvalue weighted by Gasteiger charge is 2.30. The largest absolute Gasteiger partial charge is 0.388 e. The van der Waals surface area contributed by atoms with Crippen molar-refractivity contribution in [3.63, 3.8) is 0 Å². The number of hydrogen-bond acceptors (Lipinski definition) is 3. The Morgan fingerprint density at radius 2 is 2.00 bits per heavy atom. The van der Waals surface area contributed by atoms with Gasteiger partial charge in [0.05, 0.1) is 6.10 Å². The molecule has 104 valence electrons. The van der Waals surface area contributed by atoms with E-state index in [1.807, 2.05) is 30.3 Å². The summed E-state index contributed by atoms with van der Waals surface area (Å²) < 4.78 is 0. The number of fused-ring (bicyclic) bond motifs is 1. The van der Waals surface area contributed by atoms with Crippen LogP contribution in [-0.2, 0) is 0 Å². The molecule has 19 heavy (non-hydrogen) atoms. The SMILES string of the molecule is OC(CCN1CCN2CCCC2C1)c1ccccc1. The fourth-order valence-electron chi connectivity index (χ4n) is 3.41. The maximum absolute atomic E-state index is 10.2. The van der Waals surface area contributed by atoms with E-state index in [0.29, 0.717) is 0 Å². The van der Waals surface area contributed by atoms with Crippen molar-refractivity contribution in [3.8, 4) is 0 Å². The van der Waals surface area contributed by atoms with E-state index in [2.05, 4.69) is 9.80 Å². The van der Waals surface area contributed by atoms with Crippen molar-refractivity contribution in [2.75, 3.05) is 32.7 Å². The van der Waals surface area contributed by atoms with Crippen LogP contribution in [0, 0.1) is 0 Å². The molecule has 1 N–H and O–H groups in total. The van der Waals surface area contributed by atoms with Gasteiger partial charge in [-0.2, -0.15) is 0 Å². The first kappa shape index (κ1) is 13.1. The average molecular weight is 260 g/mol. The van der Waals surface area contributed by atoms with Crippen molar-refractivity contribution in [2.45, 2.75) is 31.4 Å². The molecule has 1 aromatic carbocycles. The molecule has 0 saturated carbocycles. The number of aliphatic hydroxyl groups excluding tert-OH is 1. The minimum Gasteiger partial charge on any atom is -0.388 e. The van der Waals surface area contributed by atoms with Crippen LogP contribution in [0.4, 0.5) is 0 Å². The van der Waals surface area contributed by atoms with Crippen LogP contribution in [0.25, 0.3) is 0 Å². The van der Waals surface area contributed by atoms with E-state index in [0.717, 1.165) is 31.1 Å². The number of rotatable bonds is 4. The highest BCUT2D eigenvalue weighted by Crippen LogP contribution is 2.23. The Labute approximate surface area is 115 Å². The Hall–Kier alpha value is -0.900. The molecule has 2 heterocycles. The van der Waals surface area contributed by atoms with Gasteiger partial charge in [0.15, 0.2) is 0 Å². The topological polar surface area (TPSA) is 26.7 Å². The molecule has 0 aliphatic carbocycles. The molecule has 0 radical (unpaired) electrons. The zero-order valence-electron chi connectivity index (χ0n) is 11.5. The van der Waals surface area contributed by atoms with Crippen LogP contribution in [0.1, 0.15) is 30.9 Å². The van der Waals surface area contributed by atoms with E-state index in [-0.39, 0.29) is 6.10 Å². The summed E-state index contributed by atoms with van der Waals surface area (Å²) >= 11 is 0. The Morgan fingerprint density at radius 3 is 2.84 bits per heavy atom. The summed E-state index contributed by atoms with van der Waals surface area (Å²) in [6.45, 7) is 5.89. The van der Waals surface area contributed by atoms with Crippen LogP contribution in [0.2, 0.25) is 0 Å². The van der Waals surface area contributed by atoms with E-state index in [9.17, 15) is 5.11 Å². The van der Waals surface area contributed by atoms with Crippen LogP contribution in [0.3, 0.4) is 0 Å². The second kappa shape index (κ2) is 6.04. The molecule has 3 rings (SSSR count). The van der Waals surface area contributed by atoms with E-state index < -0.39 is 0 Å². The lowest BCUT2D eigenvalue weighted by Gasteiger charge is -2.37.